The molecule has 0 aromatic heterocycles. The minimum absolute atomic E-state index is 0.0608. The van der Waals surface area contributed by atoms with Crippen LogP contribution >= 0.6 is 0 Å². The quantitative estimate of drug-likeness (QED) is 0.200. The average molecular weight is 535 g/mol. The van der Waals surface area contributed by atoms with Gasteiger partial charge in [-0.05, 0) is 78.1 Å². The molecule has 1 saturated heterocycles. The number of carbonyl (C=O) groups is 2. The first-order valence-corrected chi connectivity index (χ1v) is 14.8. The molecule has 1 spiro atoms. The van der Waals surface area contributed by atoms with Crippen molar-refractivity contribution in [1.29, 1.82) is 0 Å². The molecule has 5 aliphatic rings. The van der Waals surface area contributed by atoms with E-state index in [0.29, 0.717) is 12.8 Å². The summed E-state index contributed by atoms with van der Waals surface area (Å²) in [6.07, 6.45) is 11.7. The molecule has 39 heavy (non-hydrogen) atoms. The number of ketones is 1. The Bertz CT molecular complexity index is 1260. The van der Waals surface area contributed by atoms with Crippen LogP contribution in [0.5, 0.6) is 0 Å². The number of ether oxygens (including phenoxy) is 1. The van der Waals surface area contributed by atoms with E-state index in [4.69, 9.17) is 4.74 Å². The van der Waals surface area contributed by atoms with Gasteiger partial charge in [0.15, 0.2) is 5.60 Å². The van der Waals surface area contributed by atoms with Crippen molar-refractivity contribution < 1.29 is 24.5 Å². The van der Waals surface area contributed by atoms with Gasteiger partial charge in [-0.15, -0.1) is 0 Å². The summed E-state index contributed by atoms with van der Waals surface area (Å²) in [7, 11) is 0. The summed E-state index contributed by atoms with van der Waals surface area (Å²) in [6.45, 7) is 16.6. The van der Waals surface area contributed by atoms with Crippen molar-refractivity contribution in [2.24, 2.45) is 40.4 Å². The van der Waals surface area contributed by atoms with Crippen molar-refractivity contribution in [3.8, 4) is 0 Å². The molecule has 0 amide bonds. The van der Waals surface area contributed by atoms with Crippen molar-refractivity contribution in [1.82, 2.24) is 0 Å². The first kappa shape index (κ1) is 28.1. The van der Waals surface area contributed by atoms with Crippen LogP contribution in [-0.2, 0) is 14.3 Å². The zero-order chi connectivity index (χ0) is 28.7. The number of Topliss-reactive ketones (excluding diaryl/α,β-unsaturated/α-hetero) is 1. The molecule has 5 rings (SSSR count). The number of carbonyl (C=O) groups excluding carboxylic acids is 2. The fourth-order valence-corrected chi connectivity index (χ4v) is 9.27. The van der Waals surface area contributed by atoms with Crippen molar-refractivity contribution in [3.05, 3.63) is 57.9 Å². The van der Waals surface area contributed by atoms with Gasteiger partial charge < -0.3 is 14.9 Å². The van der Waals surface area contributed by atoms with E-state index in [0.717, 1.165) is 36.0 Å². The van der Waals surface area contributed by atoms with Crippen molar-refractivity contribution in [3.63, 3.8) is 0 Å². The molecular weight excluding hydrogens is 488 g/mol. The average Bonchev–Trinajstić information content (AvgIpc) is 3.09. The minimum Gasteiger partial charge on any atom is -0.511 e. The summed E-state index contributed by atoms with van der Waals surface area (Å²) in [5.41, 5.74) is 1.15. The van der Waals surface area contributed by atoms with Crippen LogP contribution < -0.4 is 0 Å². The van der Waals surface area contributed by atoms with Gasteiger partial charge in [-0.25, -0.2) is 4.79 Å². The van der Waals surface area contributed by atoms with E-state index in [-0.39, 0.29) is 40.9 Å². The summed E-state index contributed by atoms with van der Waals surface area (Å²) in [5.74, 6) is -1.51. The number of aliphatic hydroxyl groups excluding tert-OH is 2. The van der Waals surface area contributed by atoms with E-state index in [2.05, 4.69) is 65.8 Å². The Labute approximate surface area is 233 Å². The van der Waals surface area contributed by atoms with Gasteiger partial charge in [-0.3, -0.25) is 4.79 Å². The largest absolute Gasteiger partial charge is 0.511 e. The second kappa shape index (κ2) is 9.33. The number of esters is 1. The molecule has 2 fully saturated rings. The Hall–Kier alpha value is -2.40. The van der Waals surface area contributed by atoms with Gasteiger partial charge in [0.25, 0.3) is 0 Å². The lowest BCUT2D eigenvalue weighted by Crippen LogP contribution is -2.54. The molecular formula is C34H46O5. The molecule has 5 nitrogen and oxygen atoms in total. The fourth-order valence-electron chi connectivity index (χ4n) is 9.27. The topological polar surface area (TPSA) is 83.8 Å². The van der Waals surface area contributed by atoms with Crippen LogP contribution in [0, 0.1) is 40.4 Å². The number of allylic oxidation sites excluding steroid dienone is 6. The van der Waals surface area contributed by atoms with Gasteiger partial charge in [0, 0.05) is 23.7 Å². The smallest absolute Gasteiger partial charge is 0.346 e. The van der Waals surface area contributed by atoms with Crippen molar-refractivity contribution in [2.45, 2.75) is 99.2 Å². The Morgan fingerprint density at radius 3 is 2.36 bits per heavy atom. The predicted octanol–water partition coefficient (Wildman–Crippen LogP) is 6.95. The maximum absolute atomic E-state index is 14.6. The molecule has 1 saturated carbocycles. The monoisotopic (exact) mass is 534 g/mol. The van der Waals surface area contributed by atoms with Crippen LogP contribution in [0.3, 0.4) is 0 Å². The summed E-state index contributed by atoms with van der Waals surface area (Å²) < 4.78 is 6.20. The Balaban J connectivity index is 1.82. The molecule has 5 heteroatoms. The molecule has 1 heterocycles. The molecule has 0 radical (unpaired) electrons. The van der Waals surface area contributed by atoms with Crippen LogP contribution in [0.25, 0.3) is 0 Å². The maximum Gasteiger partial charge on any atom is 0.346 e. The molecule has 1 aliphatic heterocycles. The summed E-state index contributed by atoms with van der Waals surface area (Å²) in [4.78, 5) is 28.4. The zero-order valence-corrected chi connectivity index (χ0v) is 24.9. The van der Waals surface area contributed by atoms with Crippen LogP contribution in [0.15, 0.2) is 57.9 Å². The summed E-state index contributed by atoms with van der Waals surface area (Å²) >= 11 is 0. The number of aliphatic hydroxyl groups is 2. The van der Waals surface area contributed by atoms with Gasteiger partial charge in [0.1, 0.15) is 11.3 Å². The van der Waals surface area contributed by atoms with Gasteiger partial charge >= 0.3 is 5.97 Å². The Morgan fingerprint density at radius 2 is 1.67 bits per heavy atom. The predicted molar refractivity (Wildman–Crippen MR) is 153 cm³/mol. The molecule has 4 aliphatic carbocycles. The maximum atomic E-state index is 14.6. The molecule has 0 aromatic carbocycles. The van der Waals surface area contributed by atoms with Crippen molar-refractivity contribution >= 4 is 11.8 Å². The standard InChI is InChI=1S/C34H46O5/c1-18-10-9-11-19(2)27-21(4)14-24-25(35)13-12-20(3)28(24)33(27,8)29(36)26-30(37)34(39-31(26)38)17-23(6)22(5)16-32(34,7)15-18/h11,14-16,20,23-25,27-28,35-36H,9-10,12-13,17H2,1-8H3/b18-15-,19-11-,29-26-/t20-,23+,24+,25-,27+,28+,32+,33+,34+/m0/s1. The van der Waals surface area contributed by atoms with E-state index >= 15 is 0 Å². The number of fused-ring (bicyclic) bond motifs is 4. The van der Waals surface area contributed by atoms with Crippen LogP contribution in [-0.4, -0.2) is 33.7 Å². The van der Waals surface area contributed by atoms with Gasteiger partial charge in [0.05, 0.1) is 11.5 Å². The first-order chi connectivity index (χ1) is 18.2. The molecule has 2 N–H and O–H groups in total. The molecule has 212 valence electrons. The summed E-state index contributed by atoms with van der Waals surface area (Å²) in [6, 6.07) is 0. The third kappa shape index (κ3) is 3.89. The van der Waals surface area contributed by atoms with E-state index in [1.807, 2.05) is 13.8 Å². The normalized spacial score (nSPS) is 49.3. The Kier molecular flexibility index (Phi) is 6.73. The lowest BCUT2D eigenvalue weighted by Gasteiger charge is -2.55. The lowest BCUT2D eigenvalue weighted by atomic mass is 9.49. The van der Waals surface area contributed by atoms with Crippen LogP contribution in [0.4, 0.5) is 0 Å². The third-order valence-corrected chi connectivity index (χ3v) is 11.2. The highest BCUT2D eigenvalue weighted by Gasteiger charge is 2.66. The Morgan fingerprint density at radius 1 is 0.974 bits per heavy atom. The van der Waals surface area contributed by atoms with Crippen molar-refractivity contribution in [2.75, 3.05) is 0 Å². The van der Waals surface area contributed by atoms with Crippen LogP contribution in [0.1, 0.15) is 87.5 Å². The number of hydrogen-bond donors (Lipinski definition) is 2. The van der Waals surface area contributed by atoms with Crippen LogP contribution in [0.2, 0.25) is 0 Å². The zero-order valence-electron chi connectivity index (χ0n) is 24.9. The first-order valence-electron chi connectivity index (χ1n) is 14.8. The van der Waals surface area contributed by atoms with E-state index < -0.39 is 34.3 Å². The third-order valence-electron chi connectivity index (χ3n) is 11.2. The minimum atomic E-state index is -1.40. The second-order valence-corrected chi connectivity index (χ2v) is 13.9. The van der Waals surface area contributed by atoms with E-state index in [9.17, 15) is 19.8 Å². The molecule has 9 atom stereocenters. The van der Waals surface area contributed by atoms with Gasteiger partial charge in [-0.2, -0.15) is 0 Å². The van der Waals surface area contributed by atoms with E-state index in [1.54, 1.807) is 0 Å². The van der Waals surface area contributed by atoms with Gasteiger partial charge in [0.2, 0.25) is 5.78 Å². The second-order valence-electron chi connectivity index (χ2n) is 13.9. The highest BCUT2D eigenvalue weighted by Crippen LogP contribution is 2.62. The molecule has 0 aromatic rings. The highest BCUT2D eigenvalue weighted by atomic mass is 16.6. The number of rotatable bonds is 0. The van der Waals surface area contributed by atoms with Gasteiger partial charge in [-0.1, -0.05) is 67.4 Å². The lowest BCUT2D eigenvalue weighted by molar-refractivity contribution is -0.162. The summed E-state index contributed by atoms with van der Waals surface area (Å²) in [5, 5.41) is 23.5. The number of hydrogen-bond acceptors (Lipinski definition) is 5. The molecule has 0 unspecified atom stereocenters. The SMILES string of the molecule is CC1=C[C@@]2(C)/C=C(/C)CC/C=C(/C)[C@@H]3C(C)=C[C@H]4[C@@H]([C@@H](C)CC[C@@H]4O)[C@]3(C)/C(O)=C3/C(=O)O[C@]2(C[C@H]1C)C3=O. The molecule has 2 bridgehead atoms. The highest BCUT2D eigenvalue weighted by molar-refractivity contribution is 6.26. The van der Waals surface area contributed by atoms with E-state index in [1.165, 1.54) is 5.57 Å². The fraction of sp³-hybridized carbons (Fsp3) is 0.647.